The van der Waals surface area contributed by atoms with Crippen LogP contribution < -0.4 is 5.73 Å². The van der Waals surface area contributed by atoms with Crippen molar-refractivity contribution in [3.8, 4) is 0 Å². The van der Waals surface area contributed by atoms with Gasteiger partial charge in [-0.2, -0.15) is 0 Å². The molecule has 1 fully saturated rings. The SMILES string of the molecule is CCCCC(N)C1CCN(C)C1. The van der Waals surface area contributed by atoms with Gasteiger partial charge in [0.15, 0.2) is 0 Å². The largest absolute Gasteiger partial charge is 0.327 e. The number of nitrogens with two attached hydrogens (primary N) is 1. The Balaban J connectivity index is 2.18. The lowest BCUT2D eigenvalue weighted by Gasteiger charge is -2.18. The van der Waals surface area contributed by atoms with Crippen molar-refractivity contribution < 1.29 is 0 Å². The van der Waals surface area contributed by atoms with Crippen molar-refractivity contribution in [2.45, 2.75) is 38.6 Å². The highest BCUT2D eigenvalue weighted by molar-refractivity contribution is 4.81. The summed E-state index contributed by atoms with van der Waals surface area (Å²) in [4.78, 5) is 2.39. The van der Waals surface area contributed by atoms with Crippen LogP contribution in [0.15, 0.2) is 0 Å². The number of hydrogen-bond donors (Lipinski definition) is 1. The lowest BCUT2D eigenvalue weighted by atomic mass is 9.95. The maximum atomic E-state index is 6.10. The van der Waals surface area contributed by atoms with Crippen molar-refractivity contribution in [3.05, 3.63) is 0 Å². The minimum Gasteiger partial charge on any atom is -0.327 e. The topological polar surface area (TPSA) is 29.3 Å². The minimum absolute atomic E-state index is 0.454. The van der Waals surface area contributed by atoms with Crippen LogP contribution in [0.4, 0.5) is 0 Å². The standard InChI is InChI=1S/C10H22N2/c1-3-4-5-10(11)9-6-7-12(2)8-9/h9-10H,3-8,11H2,1-2H3. The number of rotatable bonds is 4. The van der Waals surface area contributed by atoms with Crippen molar-refractivity contribution in [1.29, 1.82) is 0 Å². The molecule has 2 atom stereocenters. The van der Waals surface area contributed by atoms with Crippen LogP contribution in [-0.2, 0) is 0 Å². The molecule has 0 bridgehead atoms. The van der Waals surface area contributed by atoms with Gasteiger partial charge >= 0.3 is 0 Å². The third-order valence-electron chi connectivity index (χ3n) is 2.92. The molecule has 0 aromatic rings. The fraction of sp³-hybridized carbons (Fsp3) is 1.00. The molecular formula is C10H22N2. The second kappa shape index (κ2) is 4.83. The molecule has 1 aliphatic rings. The zero-order chi connectivity index (χ0) is 8.97. The van der Waals surface area contributed by atoms with Crippen LogP contribution in [0.5, 0.6) is 0 Å². The molecule has 2 unspecified atom stereocenters. The molecule has 1 rings (SSSR count). The van der Waals surface area contributed by atoms with Crippen LogP contribution in [0.1, 0.15) is 32.6 Å². The quantitative estimate of drug-likeness (QED) is 0.692. The maximum absolute atomic E-state index is 6.10. The Morgan fingerprint density at radius 1 is 1.58 bits per heavy atom. The van der Waals surface area contributed by atoms with Crippen LogP contribution >= 0.6 is 0 Å². The first-order chi connectivity index (χ1) is 5.74. The van der Waals surface area contributed by atoms with Crippen LogP contribution in [-0.4, -0.2) is 31.1 Å². The van der Waals surface area contributed by atoms with Gasteiger partial charge in [-0.25, -0.2) is 0 Å². The molecular weight excluding hydrogens is 148 g/mol. The molecule has 1 heterocycles. The highest BCUT2D eigenvalue weighted by atomic mass is 15.1. The highest BCUT2D eigenvalue weighted by Crippen LogP contribution is 2.19. The second-order valence-electron chi connectivity index (χ2n) is 4.12. The minimum atomic E-state index is 0.454. The van der Waals surface area contributed by atoms with E-state index < -0.39 is 0 Å². The average molecular weight is 170 g/mol. The highest BCUT2D eigenvalue weighted by Gasteiger charge is 2.24. The summed E-state index contributed by atoms with van der Waals surface area (Å²) >= 11 is 0. The van der Waals surface area contributed by atoms with E-state index in [0.29, 0.717) is 6.04 Å². The molecule has 1 saturated heterocycles. The van der Waals surface area contributed by atoms with E-state index >= 15 is 0 Å². The van der Waals surface area contributed by atoms with E-state index in [2.05, 4.69) is 18.9 Å². The molecule has 0 saturated carbocycles. The van der Waals surface area contributed by atoms with Crippen LogP contribution in [0, 0.1) is 5.92 Å². The lowest BCUT2D eigenvalue weighted by Crippen LogP contribution is -2.31. The van der Waals surface area contributed by atoms with Crippen LogP contribution in [0.25, 0.3) is 0 Å². The maximum Gasteiger partial charge on any atom is 0.00798 e. The molecule has 0 aliphatic carbocycles. The van der Waals surface area contributed by atoms with E-state index in [1.807, 2.05) is 0 Å². The Morgan fingerprint density at radius 3 is 2.83 bits per heavy atom. The van der Waals surface area contributed by atoms with E-state index in [9.17, 15) is 0 Å². The fourth-order valence-electron chi connectivity index (χ4n) is 1.99. The van der Waals surface area contributed by atoms with Crippen molar-refractivity contribution in [2.75, 3.05) is 20.1 Å². The van der Waals surface area contributed by atoms with Crippen molar-refractivity contribution in [3.63, 3.8) is 0 Å². The molecule has 0 aromatic heterocycles. The molecule has 1 aliphatic heterocycles. The molecule has 0 radical (unpaired) electrons. The first-order valence-electron chi connectivity index (χ1n) is 5.18. The summed E-state index contributed by atoms with van der Waals surface area (Å²) in [7, 11) is 2.19. The smallest absolute Gasteiger partial charge is 0.00798 e. The monoisotopic (exact) mass is 170 g/mol. The Labute approximate surface area is 76.1 Å². The third-order valence-corrected chi connectivity index (χ3v) is 2.92. The van der Waals surface area contributed by atoms with E-state index in [1.165, 1.54) is 38.8 Å². The molecule has 2 nitrogen and oxygen atoms in total. The number of nitrogens with zero attached hydrogens (tertiary/aromatic N) is 1. The van der Waals surface area contributed by atoms with Crippen molar-refractivity contribution in [2.24, 2.45) is 11.7 Å². The summed E-state index contributed by atoms with van der Waals surface area (Å²) in [5, 5.41) is 0. The van der Waals surface area contributed by atoms with Crippen LogP contribution in [0.2, 0.25) is 0 Å². The second-order valence-corrected chi connectivity index (χ2v) is 4.12. The Kier molecular flexibility index (Phi) is 4.02. The molecule has 0 aromatic carbocycles. The van der Waals surface area contributed by atoms with Gasteiger partial charge < -0.3 is 10.6 Å². The van der Waals surface area contributed by atoms with E-state index in [-0.39, 0.29) is 0 Å². The van der Waals surface area contributed by atoms with Gasteiger partial charge in [-0.15, -0.1) is 0 Å². The lowest BCUT2D eigenvalue weighted by molar-refractivity contribution is 0.357. The number of hydrogen-bond acceptors (Lipinski definition) is 2. The summed E-state index contributed by atoms with van der Waals surface area (Å²) in [5.41, 5.74) is 6.10. The summed E-state index contributed by atoms with van der Waals surface area (Å²) in [5.74, 6) is 0.765. The average Bonchev–Trinajstić information content (AvgIpc) is 2.47. The van der Waals surface area contributed by atoms with Crippen molar-refractivity contribution in [1.82, 2.24) is 4.90 Å². The van der Waals surface area contributed by atoms with E-state index in [0.717, 1.165) is 5.92 Å². The first-order valence-corrected chi connectivity index (χ1v) is 5.18. The van der Waals surface area contributed by atoms with E-state index in [1.54, 1.807) is 0 Å². The van der Waals surface area contributed by atoms with Gasteiger partial charge in [0.1, 0.15) is 0 Å². The molecule has 12 heavy (non-hydrogen) atoms. The number of unbranched alkanes of at least 4 members (excludes halogenated alkanes) is 1. The Morgan fingerprint density at radius 2 is 2.33 bits per heavy atom. The summed E-state index contributed by atoms with van der Waals surface area (Å²) in [6, 6.07) is 0.454. The fourth-order valence-corrected chi connectivity index (χ4v) is 1.99. The zero-order valence-electron chi connectivity index (χ0n) is 8.42. The third kappa shape index (κ3) is 2.76. The summed E-state index contributed by atoms with van der Waals surface area (Å²) in [6.07, 6.45) is 5.09. The summed E-state index contributed by atoms with van der Waals surface area (Å²) in [6.45, 7) is 4.68. The number of likely N-dealkylation sites (tertiary alicyclic amines) is 1. The first kappa shape index (κ1) is 10.0. The van der Waals surface area contributed by atoms with Gasteiger partial charge in [0, 0.05) is 12.6 Å². The van der Waals surface area contributed by atoms with Gasteiger partial charge in [-0.05, 0) is 32.4 Å². The molecule has 0 spiro atoms. The Hall–Kier alpha value is -0.0800. The van der Waals surface area contributed by atoms with Crippen molar-refractivity contribution >= 4 is 0 Å². The molecule has 72 valence electrons. The van der Waals surface area contributed by atoms with Crippen LogP contribution in [0.3, 0.4) is 0 Å². The normalized spacial score (nSPS) is 27.8. The predicted molar refractivity (Wildman–Crippen MR) is 53.1 cm³/mol. The Bertz CT molecular complexity index is 125. The van der Waals surface area contributed by atoms with E-state index in [4.69, 9.17) is 5.73 Å². The van der Waals surface area contributed by atoms with Gasteiger partial charge in [-0.1, -0.05) is 19.8 Å². The van der Waals surface area contributed by atoms with Gasteiger partial charge in [-0.3, -0.25) is 0 Å². The molecule has 2 heteroatoms. The predicted octanol–water partition coefficient (Wildman–Crippen LogP) is 1.46. The molecule has 0 amide bonds. The van der Waals surface area contributed by atoms with Gasteiger partial charge in [0.05, 0.1) is 0 Å². The van der Waals surface area contributed by atoms with Gasteiger partial charge in [0.2, 0.25) is 0 Å². The van der Waals surface area contributed by atoms with Gasteiger partial charge in [0.25, 0.3) is 0 Å². The summed E-state index contributed by atoms with van der Waals surface area (Å²) < 4.78 is 0. The zero-order valence-corrected chi connectivity index (χ0v) is 8.42. The molecule has 2 N–H and O–H groups in total.